The van der Waals surface area contributed by atoms with Gasteiger partial charge in [0.1, 0.15) is 5.37 Å². The van der Waals surface area contributed by atoms with Crippen LogP contribution in [0.25, 0.3) is 0 Å². The van der Waals surface area contributed by atoms with Gasteiger partial charge in [-0.2, -0.15) is 8.42 Å². The minimum atomic E-state index is -4.03. The second-order valence-corrected chi connectivity index (χ2v) is 8.49. The number of nitrogens with one attached hydrogen (secondary N) is 1. The van der Waals surface area contributed by atoms with Crippen molar-refractivity contribution in [2.45, 2.75) is 65.3 Å². The maximum absolute atomic E-state index is 11.4. The molecule has 0 amide bonds. The van der Waals surface area contributed by atoms with Crippen LogP contribution in [0.3, 0.4) is 0 Å². The summed E-state index contributed by atoms with van der Waals surface area (Å²) in [7, 11) is -4.03. The molecule has 0 spiro atoms. The van der Waals surface area contributed by atoms with Gasteiger partial charge < -0.3 is 0 Å². The van der Waals surface area contributed by atoms with E-state index in [-0.39, 0.29) is 17.4 Å². The Morgan fingerprint density at radius 3 is 2.22 bits per heavy atom. The van der Waals surface area contributed by atoms with Crippen LogP contribution in [0.4, 0.5) is 0 Å². The summed E-state index contributed by atoms with van der Waals surface area (Å²) in [6, 6.07) is 0.165. The van der Waals surface area contributed by atoms with Crippen LogP contribution in [0, 0.1) is 17.3 Å². The van der Waals surface area contributed by atoms with Crippen LogP contribution < -0.4 is 5.32 Å². The van der Waals surface area contributed by atoms with E-state index in [2.05, 4.69) is 26.1 Å². The Hall–Kier alpha value is -0.130. The van der Waals surface area contributed by atoms with Crippen LogP contribution in [0.5, 0.6) is 0 Å². The average Bonchev–Trinajstić information content (AvgIpc) is 2.08. The summed E-state index contributed by atoms with van der Waals surface area (Å²) in [4.78, 5) is 0. The first-order valence-corrected chi connectivity index (χ1v) is 8.24. The predicted octanol–water partition coefficient (Wildman–Crippen LogP) is 2.66. The van der Waals surface area contributed by atoms with E-state index < -0.39 is 15.5 Å². The summed E-state index contributed by atoms with van der Waals surface area (Å²) in [5.74, 6) is 0.445. The molecule has 1 aliphatic rings. The van der Waals surface area contributed by atoms with Gasteiger partial charge in [-0.25, -0.2) is 0 Å². The largest absolute Gasteiger partial charge is 0.296 e. The van der Waals surface area contributed by atoms with E-state index in [4.69, 9.17) is 0 Å². The van der Waals surface area contributed by atoms with E-state index in [1.54, 1.807) is 0 Å². The smallest absolute Gasteiger partial charge is 0.281 e. The first-order valence-electron chi connectivity index (χ1n) is 6.73. The Labute approximate surface area is 111 Å². The fourth-order valence-corrected chi connectivity index (χ4v) is 4.38. The van der Waals surface area contributed by atoms with Crippen molar-refractivity contribution < 1.29 is 13.0 Å². The number of rotatable bonds is 4. The molecule has 3 atom stereocenters. The van der Waals surface area contributed by atoms with E-state index in [0.29, 0.717) is 5.92 Å². The highest BCUT2D eigenvalue weighted by atomic mass is 32.2. The normalized spacial score (nSPS) is 30.4. The van der Waals surface area contributed by atoms with Crippen LogP contribution in [-0.2, 0) is 10.1 Å². The lowest BCUT2D eigenvalue weighted by Gasteiger charge is -2.40. The second kappa shape index (κ2) is 5.47. The predicted molar refractivity (Wildman–Crippen MR) is 73.9 cm³/mol. The number of hydrogen-bond acceptors (Lipinski definition) is 3. The molecule has 0 aromatic rings. The van der Waals surface area contributed by atoms with Crippen LogP contribution in [0.15, 0.2) is 0 Å². The molecule has 0 heterocycles. The highest BCUT2D eigenvalue weighted by Crippen LogP contribution is 2.38. The molecular formula is C13H27NO3S. The lowest BCUT2D eigenvalue weighted by atomic mass is 9.70. The van der Waals surface area contributed by atoms with Gasteiger partial charge in [0.05, 0.1) is 0 Å². The van der Waals surface area contributed by atoms with Crippen molar-refractivity contribution in [2.75, 3.05) is 0 Å². The van der Waals surface area contributed by atoms with Crippen molar-refractivity contribution in [2.24, 2.45) is 17.3 Å². The maximum atomic E-state index is 11.4. The third-order valence-corrected chi connectivity index (χ3v) is 5.04. The lowest BCUT2D eigenvalue weighted by molar-refractivity contribution is 0.145. The minimum absolute atomic E-state index is 0.139. The summed E-state index contributed by atoms with van der Waals surface area (Å²) in [6.07, 6.45) is 3.10. The van der Waals surface area contributed by atoms with Crippen molar-refractivity contribution in [3.63, 3.8) is 0 Å². The SMILES string of the molecule is CC1CC(NC(C(C)C)S(=O)(=O)O)CC(C)(C)C1. The molecule has 1 aliphatic carbocycles. The molecule has 5 heteroatoms. The Bertz CT molecular complexity index is 376. The molecule has 0 aromatic heterocycles. The van der Waals surface area contributed by atoms with E-state index in [1.165, 1.54) is 6.42 Å². The Morgan fingerprint density at radius 1 is 1.28 bits per heavy atom. The summed E-state index contributed by atoms with van der Waals surface area (Å²) in [5.41, 5.74) is 0.232. The van der Waals surface area contributed by atoms with Gasteiger partial charge >= 0.3 is 0 Å². The average molecular weight is 277 g/mol. The molecule has 2 N–H and O–H groups in total. The first kappa shape index (κ1) is 15.9. The van der Waals surface area contributed by atoms with Gasteiger partial charge in [-0.1, -0.05) is 34.6 Å². The molecular weight excluding hydrogens is 250 g/mol. The molecule has 1 saturated carbocycles. The second-order valence-electron chi connectivity index (χ2n) is 6.96. The van der Waals surface area contributed by atoms with Crippen molar-refractivity contribution in [1.82, 2.24) is 5.32 Å². The zero-order valence-corrected chi connectivity index (χ0v) is 12.9. The minimum Gasteiger partial charge on any atom is -0.296 e. The molecule has 0 bridgehead atoms. The molecule has 0 saturated heterocycles. The van der Waals surface area contributed by atoms with Crippen LogP contribution in [-0.4, -0.2) is 24.4 Å². The van der Waals surface area contributed by atoms with Crippen molar-refractivity contribution >= 4 is 10.1 Å². The molecule has 108 valence electrons. The number of hydrogen-bond donors (Lipinski definition) is 2. The summed E-state index contributed by atoms with van der Waals surface area (Å²) < 4.78 is 32.0. The standard InChI is InChI=1S/C13H27NO3S/c1-9(2)12(18(15,16)17)14-11-6-10(3)7-13(4,5)8-11/h9-12,14H,6-8H2,1-5H3,(H,15,16,17). The van der Waals surface area contributed by atoms with Gasteiger partial charge in [-0.05, 0) is 36.5 Å². The summed E-state index contributed by atoms with van der Waals surface area (Å²) >= 11 is 0. The van der Waals surface area contributed by atoms with E-state index in [0.717, 1.165) is 12.8 Å². The van der Waals surface area contributed by atoms with Gasteiger partial charge in [-0.3, -0.25) is 9.87 Å². The van der Waals surface area contributed by atoms with Crippen LogP contribution >= 0.6 is 0 Å². The monoisotopic (exact) mass is 277 g/mol. The van der Waals surface area contributed by atoms with E-state index in [9.17, 15) is 13.0 Å². The molecule has 0 radical (unpaired) electrons. The third-order valence-electron chi connectivity index (χ3n) is 3.71. The van der Waals surface area contributed by atoms with Crippen LogP contribution in [0.2, 0.25) is 0 Å². The van der Waals surface area contributed by atoms with Gasteiger partial charge in [-0.15, -0.1) is 0 Å². The zero-order valence-electron chi connectivity index (χ0n) is 12.1. The zero-order chi connectivity index (χ0) is 14.1. The van der Waals surface area contributed by atoms with Gasteiger partial charge in [0.15, 0.2) is 0 Å². The van der Waals surface area contributed by atoms with Gasteiger partial charge in [0.2, 0.25) is 0 Å². The fourth-order valence-electron chi connectivity index (χ4n) is 3.33. The Morgan fingerprint density at radius 2 is 1.83 bits per heavy atom. The van der Waals surface area contributed by atoms with E-state index >= 15 is 0 Å². The molecule has 3 unspecified atom stereocenters. The summed E-state index contributed by atoms with van der Waals surface area (Å²) in [5, 5.41) is 2.29. The Kier molecular flexibility index (Phi) is 4.84. The van der Waals surface area contributed by atoms with Gasteiger partial charge in [0, 0.05) is 6.04 Å². The van der Waals surface area contributed by atoms with E-state index in [1.807, 2.05) is 13.8 Å². The fraction of sp³-hybridized carbons (Fsp3) is 1.00. The highest BCUT2D eigenvalue weighted by Gasteiger charge is 2.36. The quantitative estimate of drug-likeness (QED) is 0.775. The van der Waals surface area contributed by atoms with Crippen molar-refractivity contribution in [3.8, 4) is 0 Å². The molecule has 0 aliphatic heterocycles. The van der Waals surface area contributed by atoms with Gasteiger partial charge in [0.25, 0.3) is 10.1 Å². The first-order chi connectivity index (χ1) is 8.01. The highest BCUT2D eigenvalue weighted by molar-refractivity contribution is 7.86. The summed E-state index contributed by atoms with van der Waals surface area (Å²) in [6.45, 7) is 10.3. The maximum Gasteiger partial charge on any atom is 0.281 e. The molecule has 0 aromatic carbocycles. The lowest BCUT2D eigenvalue weighted by Crippen LogP contribution is -2.49. The topological polar surface area (TPSA) is 66.4 Å². The molecule has 1 rings (SSSR count). The Balaban J connectivity index is 2.76. The van der Waals surface area contributed by atoms with Crippen molar-refractivity contribution in [1.29, 1.82) is 0 Å². The van der Waals surface area contributed by atoms with Crippen LogP contribution in [0.1, 0.15) is 53.9 Å². The molecule has 18 heavy (non-hydrogen) atoms. The third kappa shape index (κ3) is 4.52. The molecule has 1 fully saturated rings. The van der Waals surface area contributed by atoms with Crippen molar-refractivity contribution in [3.05, 3.63) is 0 Å². The molecule has 4 nitrogen and oxygen atoms in total.